The van der Waals surface area contributed by atoms with E-state index in [-0.39, 0.29) is 16.6 Å². The van der Waals surface area contributed by atoms with Gasteiger partial charge < -0.3 is 4.57 Å². The number of amides is 2. The zero-order chi connectivity index (χ0) is 21.1. The number of carbonyl (C=O) groups is 2. The quantitative estimate of drug-likeness (QED) is 0.373. The minimum absolute atomic E-state index is 0.113. The third-order valence-corrected chi connectivity index (χ3v) is 5.56. The molecular formula is C24H23N3O2S. The summed E-state index contributed by atoms with van der Waals surface area (Å²) in [5.74, 6) is -0.783. The molecule has 6 heteroatoms. The van der Waals surface area contributed by atoms with E-state index in [0.717, 1.165) is 29.3 Å². The van der Waals surface area contributed by atoms with Gasteiger partial charge in [0.2, 0.25) is 0 Å². The molecule has 30 heavy (non-hydrogen) atoms. The zero-order valence-electron chi connectivity index (χ0n) is 16.8. The van der Waals surface area contributed by atoms with E-state index in [2.05, 4.69) is 22.0 Å². The summed E-state index contributed by atoms with van der Waals surface area (Å²) in [6.07, 6.45) is 5.44. The molecule has 0 radical (unpaired) electrons. The number of rotatable bonds is 6. The number of nitrogens with zero attached hydrogens (tertiary/aromatic N) is 2. The van der Waals surface area contributed by atoms with Crippen LogP contribution in [0.2, 0.25) is 0 Å². The van der Waals surface area contributed by atoms with Crippen molar-refractivity contribution in [2.45, 2.75) is 26.3 Å². The topological polar surface area (TPSA) is 54.3 Å². The Morgan fingerprint density at radius 1 is 1.03 bits per heavy atom. The molecule has 1 saturated heterocycles. The van der Waals surface area contributed by atoms with Gasteiger partial charge in [0.25, 0.3) is 11.8 Å². The standard InChI is InChI=1S/C24H23N3O2S/c1-2-3-13-27-23(29)20(22(28)25-24(27)30)14-18-16-26(15-17-9-5-4-6-10-17)21-12-8-7-11-19(18)21/h4-12,14,16H,2-3,13,15H2,1H3,(H,25,28,30)/b20-14+. The van der Waals surface area contributed by atoms with Gasteiger partial charge in [-0.25, -0.2) is 0 Å². The molecule has 2 aromatic carbocycles. The van der Waals surface area contributed by atoms with E-state index in [4.69, 9.17) is 12.2 Å². The van der Waals surface area contributed by atoms with Gasteiger partial charge in [0.05, 0.1) is 0 Å². The monoisotopic (exact) mass is 417 g/mol. The molecule has 2 heterocycles. The summed E-state index contributed by atoms with van der Waals surface area (Å²) in [5, 5.41) is 3.83. The highest BCUT2D eigenvalue weighted by molar-refractivity contribution is 7.80. The minimum Gasteiger partial charge on any atom is -0.342 e. The normalized spacial score (nSPS) is 15.8. The molecule has 0 aliphatic carbocycles. The van der Waals surface area contributed by atoms with Crippen molar-refractivity contribution in [2.75, 3.05) is 6.54 Å². The lowest BCUT2D eigenvalue weighted by Crippen LogP contribution is -2.54. The van der Waals surface area contributed by atoms with E-state index in [1.54, 1.807) is 6.08 Å². The summed E-state index contributed by atoms with van der Waals surface area (Å²) < 4.78 is 2.14. The molecule has 1 aliphatic rings. The number of thiocarbonyl (C=S) groups is 1. The number of fused-ring (bicyclic) bond motifs is 1. The van der Waals surface area contributed by atoms with Crippen molar-refractivity contribution in [3.8, 4) is 0 Å². The minimum atomic E-state index is -0.447. The smallest absolute Gasteiger partial charge is 0.265 e. The molecule has 1 N–H and O–H groups in total. The fourth-order valence-corrected chi connectivity index (χ4v) is 3.94. The van der Waals surface area contributed by atoms with Crippen LogP contribution >= 0.6 is 12.2 Å². The summed E-state index contributed by atoms with van der Waals surface area (Å²) in [5.41, 5.74) is 3.18. The van der Waals surface area contributed by atoms with Crippen molar-refractivity contribution in [2.24, 2.45) is 0 Å². The van der Waals surface area contributed by atoms with Gasteiger partial charge in [-0.1, -0.05) is 61.9 Å². The first-order chi connectivity index (χ1) is 14.6. The third kappa shape index (κ3) is 3.91. The summed E-state index contributed by atoms with van der Waals surface area (Å²) in [6.45, 7) is 3.26. The molecule has 152 valence electrons. The molecule has 2 amide bonds. The van der Waals surface area contributed by atoms with Gasteiger partial charge in [-0.15, -0.1) is 0 Å². The Morgan fingerprint density at radius 3 is 2.53 bits per heavy atom. The van der Waals surface area contributed by atoms with Gasteiger partial charge in [-0.3, -0.25) is 19.8 Å². The average molecular weight is 418 g/mol. The number of para-hydroxylation sites is 1. The van der Waals surface area contributed by atoms with E-state index >= 15 is 0 Å². The summed E-state index contributed by atoms with van der Waals surface area (Å²) in [7, 11) is 0. The maximum atomic E-state index is 13.0. The Morgan fingerprint density at radius 2 is 1.77 bits per heavy atom. The van der Waals surface area contributed by atoms with Crippen LogP contribution in [-0.4, -0.2) is 32.9 Å². The first kappa shape index (κ1) is 20.0. The molecule has 1 fully saturated rings. The van der Waals surface area contributed by atoms with E-state index < -0.39 is 5.91 Å². The predicted molar refractivity (Wildman–Crippen MR) is 123 cm³/mol. The average Bonchev–Trinajstić information content (AvgIpc) is 3.09. The van der Waals surface area contributed by atoms with Gasteiger partial charge >= 0.3 is 0 Å². The molecule has 0 unspecified atom stereocenters. The lowest BCUT2D eigenvalue weighted by Gasteiger charge is -2.28. The van der Waals surface area contributed by atoms with Crippen LogP contribution in [0.3, 0.4) is 0 Å². The number of carbonyl (C=O) groups excluding carboxylic acids is 2. The second kappa shape index (κ2) is 8.63. The molecule has 3 aromatic rings. The molecular weight excluding hydrogens is 394 g/mol. The first-order valence-corrected chi connectivity index (χ1v) is 10.5. The predicted octanol–water partition coefficient (Wildman–Crippen LogP) is 4.12. The van der Waals surface area contributed by atoms with Gasteiger partial charge in [-0.2, -0.15) is 0 Å². The Bertz CT molecular complexity index is 1150. The number of benzene rings is 2. The highest BCUT2D eigenvalue weighted by Gasteiger charge is 2.33. The van der Waals surface area contributed by atoms with Gasteiger partial charge in [0.1, 0.15) is 5.57 Å². The van der Waals surface area contributed by atoms with Gasteiger partial charge in [-0.05, 0) is 36.3 Å². The number of hydrogen-bond acceptors (Lipinski definition) is 3. The molecule has 0 bridgehead atoms. The fourth-order valence-electron chi connectivity index (χ4n) is 3.67. The molecule has 1 aromatic heterocycles. The van der Waals surface area contributed by atoms with E-state index in [1.165, 1.54) is 10.5 Å². The first-order valence-electron chi connectivity index (χ1n) is 10.1. The van der Waals surface area contributed by atoms with Crippen LogP contribution in [-0.2, 0) is 16.1 Å². The summed E-state index contributed by atoms with van der Waals surface area (Å²) in [4.78, 5) is 27.0. The summed E-state index contributed by atoms with van der Waals surface area (Å²) >= 11 is 5.21. The van der Waals surface area contributed by atoms with Crippen LogP contribution in [0, 0.1) is 0 Å². The van der Waals surface area contributed by atoms with Crippen LogP contribution in [0.4, 0.5) is 0 Å². The Balaban J connectivity index is 1.74. The van der Waals surface area contributed by atoms with Crippen molar-refractivity contribution in [3.63, 3.8) is 0 Å². The van der Waals surface area contributed by atoms with Crippen molar-refractivity contribution in [3.05, 3.63) is 77.5 Å². The number of unbranched alkanes of at least 4 members (excludes halogenated alkanes) is 1. The van der Waals surface area contributed by atoms with Crippen LogP contribution in [0.1, 0.15) is 30.9 Å². The van der Waals surface area contributed by atoms with E-state index in [1.807, 2.05) is 55.6 Å². The SMILES string of the molecule is CCCCN1C(=O)/C(=C/c2cn(Cc3ccccc3)c3ccccc23)C(=O)NC1=S. The third-order valence-electron chi connectivity index (χ3n) is 5.24. The Kier molecular flexibility index (Phi) is 5.77. The number of aromatic nitrogens is 1. The van der Waals surface area contributed by atoms with Crippen molar-refractivity contribution in [1.82, 2.24) is 14.8 Å². The second-order valence-electron chi connectivity index (χ2n) is 7.34. The lowest BCUT2D eigenvalue weighted by atomic mass is 10.1. The number of nitrogens with one attached hydrogen (secondary N) is 1. The number of hydrogen-bond donors (Lipinski definition) is 1. The zero-order valence-corrected chi connectivity index (χ0v) is 17.6. The van der Waals surface area contributed by atoms with Gasteiger partial charge in [0, 0.05) is 35.8 Å². The van der Waals surface area contributed by atoms with E-state index in [9.17, 15) is 9.59 Å². The van der Waals surface area contributed by atoms with Crippen molar-refractivity contribution < 1.29 is 9.59 Å². The molecule has 0 spiro atoms. The second-order valence-corrected chi connectivity index (χ2v) is 7.73. The Labute approximate surface area is 181 Å². The molecule has 0 atom stereocenters. The van der Waals surface area contributed by atoms with Crippen LogP contribution in [0.25, 0.3) is 17.0 Å². The van der Waals surface area contributed by atoms with Crippen molar-refractivity contribution >= 4 is 46.1 Å². The molecule has 5 nitrogen and oxygen atoms in total. The van der Waals surface area contributed by atoms with Crippen LogP contribution in [0.15, 0.2) is 66.4 Å². The van der Waals surface area contributed by atoms with Crippen molar-refractivity contribution in [1.29, 1.82) is 0 Å². The molecule has 1 aliphatic heterocycles. The highest BCUT2D eigenvalue weighted by atomic mass is 32.1. The fraction of sp³-hybridized carbons (Fsp3) is 0.208. The maximum Gasteiger partial charge on any atom is 0.265 e. The largest absolute Gasteiger partial charge is 0.342 e. The molecule has 4 rings (SSSR count). The van der Waals surface area contributed by atoms with E-state index in [0.29, 0.717) is 13.1 Å². The van der Waals surface area contributed by atoms with Gasteiger partial charge in [0.15, 0.2) is 5.11 Å². The maximum absolute atomic E-state index is 13.0. The van der Waals surface area contributed by atoms with Crippen LogP contribution < -0.4 is 5.32 Å². The molecule has 0 saturated carbocycles. The highest BCUT2D eigenvalue weighted by Crippen LogP contribution is 2.26. The summed E-state index contributed by atoms with van der Waals surface area (Å²) in [6, 6.07) is 18.2. The Hall–Kier alpha value is -3.25. The lowest BCUT2D eigenvalue weighted by molar-refractivity contribution is -0.128. The van der Waals surface area contributed by atoms with Crippen LogP contribution in [0.5, 0.6) is 0 Å².